The third-order valence-electron chi connectivity index (χ3n) is 3.41. The summed E-state index contributed by atoms with van der Waals surface area (Å²) in [4.78, 5) is 12.1. The molecule has 3 N–H and O–H groups in total. The standard InChI is InChI=1S/C12H11Cl2F3N2O2/c13-7-3-6(4-8(14)9(7)20)19-10(21)11(12(15,16)17)1-2-18-5-11/h3-4,18,20H,1-2,5H2,(H,19,21). The van der Waals surface area contributed by atoms with Crippen LogP contribution in [0.2, 0.25) is 10.0 Å². The van der Waals surface area contributed by atoms with Crippen molar-refractivity contribution < 1.29 is 23.1 Å². The van der Waals surface area contributed by atoms with Crippen LogP contribution in [0, 0.1) is 5.41 Å². The maximum absolute atomic E-state index is 13.2. The predicted octanol–water partition coefficient (Wildman–Crippen LogP) is 3.18. The Labute approximate surface area is 128 Å². The summed E-state index contributed by atoms with van der Waals surface area (Å²) in [5.74, 6) is -1.58. The number of hydrogen-bond acceptors (Lipinski definition) is 3. The molecule has 0 bridgehead atoms. The van der Waals surface area contributed by atoms with E-state index in [2.05, 4.69) is 10.6 Å². The molecule has 1 amide bonds. The molecule has 116 valence electrons. The van der Waals surface area contributed by atoms with E-state index in [1.54, 1.807) is 0 Å². The largest absolute Gasteiger partial charge is 0.505 e. The molecule has 1 aromatic rings. The molecule has 1 unspecified atom stereocenters. The number of amides is 1. The Kier molecular flexibility index (Phi) is 4.28. The fraction of sp³-hybridized carbons (Fsp3) is 0.417. The fourth-order valence-electron chi connectivity index (χ4n) is 2.14. The summed E-state index contributed by atoms with van der Waals surface area (Å²) in [7, 11) is 0. The van der Waals surface area contributed by atoms with Crippen LogP contribution in [-0.4, -0.2) is 30.3 Å². The summed E-state index contributed by atoms with van der Waals surface area (Å²) in [5.41, 5.74) is -2.49. The highest BCUT2D eigenvalue weighted by molar-refractivity contribution is 6.37. The van der Waals surface area contributed by atoms with Crippen molar-refractivity contribution in [2.45, 2.75) is 12.6 Å². The summed E-state index contributed by atoms with van der Waals surface area (Å²) < 4.78 is 39.6. The van der Waals surface area contributed by atoms with Crippen molar-refractivity contribution in [1.29, 1.82) is 0 Å². The van der Waals surface area contributed by atoms with Gasteiger partial charge in [0.1, 0.15) is 0 Å². The summed E-state index contributed by atoms with van der Waals surface area (Å²) in [6.07, 6.45) is -5.02. The Hall–Kier alpha value is -1.18. The summed E-state index contributed by atoms with van der Waals surface area (Å²) in [6.45, 7) is -0.383. The molecule has 1 fully saturated rings. The normalized spacial score (nSPS) is 22.3. The molecule has 21 heavy (non-hydrogen) atoms. The van der Waals surface area contributed by atoms with Gasteiger partial charge in [-0.25, -0.2) is 0 Å². The van der Waals surface area contributed by atoms with Crippen molar-refractivity contribution >= 4 is 34.8 Å². The van der Waals surface area contributed by atoms with Gasteiger partial charge in [0, 0.05) is 12.2 Å². The third-order valence-corrected chi connectivity index (χ3v) is 3.98. The average molecular weight is 343 g/mol. The van der Waals surface area contributed by atoms with Crippen LogP contribution >= 0.6 is 23.2 Å². The minimum atomic E-state index is -4.68. The van der Waals surface area contributed by atoms with E-state index in [9.17, 15) is 23.1 Å². The Morgan fingerprint density at radius 1 is 1.33 bits per heavy atom. The molecule has 9 heteroatoms. The number of alkyl halides is 3. The van der Waals surface area contributed by atoms with Crippen molar-refractivity contribution in [2.75, 3.05) is 18.4 Å². The number of carbonyl (C=O) groups excluding carboxylic acids is 1. The number of halogens is 5. The number of nitrogens with one attached hydrogen (secondary N) is 2. The SMILES string of the molecule is O=C(Nc1cc(Cl)c(O)c(Cl)c1)C1(C(F)(F)F)CCNC1. The number of aromatic hydroxyl groups is 1. The third kappa shape index (κ3) is 2.90. The average Bonchev–Trinajstić information content (AvgIpc) is 2.85. The number of phenols is 1. The quantitative estimate of drug-likeness (QED) is 0.723. The Balaban J connectivity index is 2.28. The minimum absolute atomic E-state index is 0.0108. The van der Waals surface area contributed by atoms with Gasteiger partial charge in [0.05, 0.1) is 10.0 Å². The first-order valence-electron chi connectivity index (χ1n) is 5.94. The first-order chi connectivity index (χ1) is 9.67. The highest BCUT2D eigenvalue weighted by Gasteiger charge is 2.61. The van der Waals surface area contributed by atoms with Crippen molar-refractivity contribution in [3.05, 3.63) is 22.2 Å². The van der Waals surface area contributed by atoms with E-state index < -0.39 is 29.8 Å². The summed E-state index contributed by atoms with van der Waals surface area (Å²) in [6, 6.07) is 2.26. The molecular formula is C12H11Cl2F3N2O2. The number of benzene rings is 1. The molecule has 1 aliphatic heterocycles. The topological polar surface area (TPSA) is 61.4 Å². The lowest BCUT2D eigenvalue weighted by molar-refractivity contribution is -0.213. The predicted molar refractivity (Wildman–Crippen MR) is 72.7 cm³/mol. The zero-order chi connectivity index (χ0) is 15.8. The smallest absolute Gasteiger partial charge is 0.404 e. The van der Waals surface area contributed by atoms with E-state index in [4.69, 9.17) is 23.2 Å². The van der Waals surface area contributed by atoms with Gasteiger partial charge in [-0.2, -0.15) is 13.2 Å². The highest BCUT2D eigenvalue weighted by Crippen LogP contribution is 2.44. The van der Waals surface area contributed by atoms with Crippen LogP contribution in [0.5, 0.6) is 5.75 Å². The van der Waals surface area contributed by atoms with Crippen molar-refractivity contribution in [2.24, 2.45) is 5.41 Å². The van der Waals surface area contributed by atoms with Gasteiger partial charge in [-0.15, -0.1) is 0 Å². The lowest BCUT2D eigenvalue weighted by Gasteiger charge is -2.29. The Morgan fingerprint density at radius 3 is 2.33 bits per heavy atom. The highest BCUT2D eigenvalue weighted by atomic mass is 35.5. The van der Waals surface area contributed by atoms with Crippen LogP contribution in [0.25, 0.3) is 0 Å². The van der Waals surface area contributed by atoms with Crippen molar-refractivity contribution in [3.8, 4) is 5.75 Å². The van der Waals surface area contributed by atoms with Gasteiger partial charge in [0.2, 0.25) is 5.91 Å². The molecule has 4 nitrogen and oxygen atoms in total. The molecule has 1 aliphatic rings. The lowest BCUT2D eigenvalue weighted by Crippen LogP contribution is -2.49. The van der Waals surface area contributed by atoms with Gasteiger partial charge in [0.15, 0.2) is 11.2 Å². The van der Waals surface area contributed by atoms with Gasteiger partial charge in [-0.1, -0.05) is 23.2 Å². The second-order valence-electron chi connectivity index (χ2n) is 4.75. The van der Waals surface area contributed by atoms with E-state index in [0.29, 0.717) is 0 Å². The molecule has 2 rings (SSSR count). The van der Waals surface area contributed by atoms with E-state index in [0.717, 1.165) is 12.1 Å². The van der Waals surface area contributed by atoms with Crippen LogP contribution in [0.15, 0.2) is 12.1 Å². The first-order valence-corrected chi connectivity index (χ1v) is 6.70. The van der Waals surface area contributed by atoms with Gasteiger partial charge in [-0.3, -0.25) is 4.79 Å². The zero-order valence-corrected chi connectivity index (χ0v) is 12.0. The maximum Gasteiger partial charge on any atom is 0.404 e. The van der Waals surface area contributed by atoms with Gasteiger partial charge >= 0.3 is 6.18 Å². The van der Waals surface area contributed by atoms with Gasteiger partial charge < -0.3 is 15.7 Å². The molecule has 1 saturated heterocycles. The van der Waals surface area contributed by atoms with Gasteiger partial charge in [0.25, 0.3) is 0 Å². The van der Waals surface area contributed by atoms with E-state index in [1.165, 1.54) is 0 Å². The Bertz CT molecular complexity index is 549. The van der Waals surface area contributed by atoms with Crippen molar-refractivity contribution in [3.63, 3.8) is 0 Å². The Morgan fingerprint density at radius 2 is 1.90 bits per heavy atom. The lowest BCUT2D eigenvalue weighted by atomic mass is 9.85. The minimum Gasteiger partial charge on any atom is -0.505 e. The second-order valence-corrected chi connectivity index (χ2v) is 5.56. The van der Waals surface area contributed by atoms with E-state index in [-0.39, 0.29) is 28.7 Å². The number of hydrogen-bond donors (Lipinski definition) is 3. The summed E-state index contributed by atoms with van der Waals surface area (Å²) in [5, 5.41) is 13.8. The molecular weight excluding hydrogens is 332 g/mol. The van der Waals surface area contributed by atoms with Crippen LogP contribution in [-0.2, 0) is 4.79 Å². The molecule has 0 saturated carbocycles. The molecule has 1 aromatic carbocycles. The number of carbonyl (C=O) groups is 1. The first kappa shape index (κ1) is 16.2. The van der Waals surface area contributed by atoms with Crippen LogP contribution < -0.4 is 10.6 Å². The molecule has 1 heterocycles. The monoisotopic (exact) mass is 342 g/mol. The van der Waals surface area contributed by atoms with Crippen molar-refractivity contribution in [1.82, 2.24) is 5.32 Å². The molecule has 0 radical (unpaired) electrons. The zero-order valence-electron chi connectivity index (χ0n) is 10.5. The van der Waals surface area contributed by atoms with E-state index in [1.807, 2.05) is 0 Å². The van der Waals surface area contributed by atoms with Crippen LogP contribution in [0.3, 0.4) is 0 Å². The number of rotatable bonds is 2. The number of phenolic OH excluding ortho intramolecular Hbond substituents is 1. The molecule has 0 aromatic heterocycles. The van der Waals surface area contributed by atoms with E-state index >= 15 is 0 Å². The molecule has 0 spiro atoms. The summed E-state index contributed by atoms with van der Waals surface area (Å²) >= 11 is 11.3. The molecule has 1 atom stereocenters. The number of anilines is 1. The fourth-order valence-corrected chi connectivity index (χ4v) is 2.63. The second kappa shape index (κ2) is 5.55. The van der Waals surface area contributed by atoms with Gasteiger partial charge in [-0.05, 0) is 25.1 Å². The van der Waals surface area contributed by atoms with Crippen LogP contribution in [0.4, 0.5) is 18.9 Å². The van der Waals surface area contributed by atoms with Crippen LogP contribution in [0.1, 0.15) is 6.42 Å². The molecule has 0 aliphatic carbocycles. The maximum atomic E-state index is 13.2.